The minimum Gasteiger partial charge on any atom is -0.305 e. The lowest BCUT2D eigenvalue weighted by Crippen LogP contribution is -2.40. The summed E-state index contributed by atoms with van der Waals surface area (Å²) in [6.45, 7) is 6.14. The van der Waals surface area contributed by atoms with Crippen molar-refractivity contribution in [2.45, 2.75) is 38.6 Å². The lowest BCUT2D eigenvalue weighted by Gasteiger charge is -2.23. The molecule has 0 fully saturated rings. The molecule has 0 rings (SSSR count). The van der Waals surface area contributed by atoms with Crippen molar-refractivity contribution >= 4 is 9.84 Å². The molecule has 1 unspecified atom stereocenters. The molecule has 0 aliphatic carbocycles. The Balaban J connectivity index is 3.83. The summed E-state index contributed by atoms with van der Waals surface area (Å²) in [5, 5.41) is 12.3. The van der Waals surface area contributed by atoms with E-state index in [2.05, 4.69) is 11.4 Å². The molecule has 0 heterocycles. The molecule has 5 nitrogen and oxygen atoms in total. The van der Waals surface area contributed by atoms with E-state index in [1.807, 2.05) is 25.8 Å². The van der Waals surface area contributed by atoms with Crippen molar-refractivity contribution in [3.8, 4) is 6.07 Å². The number of nitrogens with one attached hydrogen (secondary N) is 1. The summed E-state index contributed by atoms with van der Waals surface area (Å²) in [5.41, 5.74) is -0.444. The summed E-state index contributed by atoms with van der Waals surface area (Å²) in [5.74, 6) is 0.205. The van der Waals surface area contributed by atoms with Crippen molar-refractivity contribution in [3.63, 3.8) is 0 Å². The molecule has 0 amide bonds. The van der Waals surface area contributed by atoms with Crippen LogP contribution in [0.1, 0.15) is 33.1 Å². The van der Waals surface area contributed by atoms with Gasteiger partial charge in [-0.2, -0.15) is 5.26 Å². The lowest BCUT2D eigenvalue weighted by molar-refractivity contribution is 0.329. The summed E-state index contributed by atoms with van der Waals surface area (Å²) in [4.78, 5) is 2.03. The van der Waals surface area contributed by atoms with Gasteiger partial charge in [-0.25, -0.2) is 8.42 Å². The van der Waals surface area contributed by atoms with Crippen LogP contribution in [-0.4, -0.2) is 57.5 Å². The number of nitriles is 1. The number of nitrogens with zero attached hydrogens (tertiary/aromatic N) is 2. The number of sulfone groups is 1. The second-order valence-corrected chi connectivity index (χ2v) is 7.62. The topological polar surface area (TPSA) is 73.2 Å². The molecule has 0 bridgehead atoms. The van der Waals surface area contributed by atoms with E-state index >= 15 is 0 Å². The maximum Gasteiger partial charge on any atom is 0.148 e. The monoisotopic (exact) mass is 289 g/mol. The summed E-state index contributed by atoms with van der Waals surface area (Å²) in [7, 11) is -0.950. The van der Waals surface area contributed by atoms with Gasteiger partial charge in [-0.15, -0.1) is 0 Å². The van der Waals surface area contributed by atoms with E-state index in [0.29, 0.717) is 6.54 Å². The Labute approximate surface area is 117 Å². The SMILES string of the molecule is CCNC(C)(C#N)CCCCN(C)CCS(C)(=O)=O. The summed E-state index contributed by atoms with van der Waals surface area (Å²) >= 11 is 0. The maximum absolute atomic E-state index is 11.0. The first-order valence-electron chi connectivity index (χ1n) is 6.75. The Morgan fingerprint density at radius 3 is 2.42 bits per heavy atom. The average molecular weight is 289 g/mol. The van der Waals surface area contributed by atoms with E-state index in [0.717, 1.165) is 32.4 Å². The lowest BCUT2D eigenvalue weighted by atomic mass is 9.96. The quantitative estimate of drug-likeness (QED) is 0.608. The highest BCUT2D eigenvalue weighted by Crippen LogP contribution is 2.12. The first-order chi connectivity index (χ1) is 8.72. The summed E-state index contributed by atoms with van der Waals surface area (Å²) < 4.78 is 22.1. The number of hydrogen-bond donors (Lipinski definition) is 1. The van der Waals surface area contributed by atoms with Gasteiger partial charge in [0.25, 0.3) is 0 Å². The van der Waals surface area contributed by atoms with Gasteiger partial charge in [0.2, 0.25) is 0 Å². The third-order valence-corrected chi connectivity index (χ3v) is 4.05. The molecule has 0 aliphatic heterocycles. The maximum atomic E-state index is 11.0. The predicted molar refractivity (Wildman–Crippen MR) is 78.8 cm³/mol. The highest BCUT2D eigenvalue weighted by molar-refractivity contribution is 7.90. The fourth-order valence-corrected chi connectivity index (χ4v) is 2.51. The van der Waals surface area contributed by atoms with Crippen LogP contribution in [-0.2, 0) is 9.84 Å². The molecule has 0 saturated heterocycles. The van der Waals surface area contributed by atoms with Gasteiger partial charge in [0, 0.05) is 12.8 Å². The first-order valence-corrected chi connectivity index (χ1v) is 8.81. The van der Waals surface area contributed by atoms with Crippen molar-refractivity contribution in [3.05, 3.63) is 0 Å². The minimum atomic E-state index is -2.88. The molecular weight excluding hydrogens is 262 g/mol. The zero-order valence-electron chi connectivity index (χ0n) is 12.6. The van der Waals surface area contributed by atoms with Crippen molar-refractivity contribution in [1.82, 2.24) is 10.2 Å². The summed E-state index contributed by atoms with van der Waals surface area (Å²) in [6, 6.07) is 2.31. The van der Waals surface area contributed by atoms with Crippen LogP contribution < -0.4 is 5.32 Å². The largest absolute Gasteiger partial charge is 0.305 e. The third kappa shape index (κ3) is 9.88. The zero-order chi connectivity index (χ0) is 14.9. The Morgan fingerprint density at radius 2 is 1.95 bits per heavy atom. The second-order valence-electron chi connectivity index (χ2n) is 5.36. The van der Waals surface area contributed by atoms with Crippen molar-refractivity contribution < 1.29 is 8.42 Å². The predicted octanol–water partition coefficient (Wildman–Crippen LogP) is 1.02. The fourth-order valence-electron chi connectivity index (χ4n) is 1.87. The zero-order valence-corrected chi connectivity index (χ0v) is 13.4. The molecule has 0 aromatic heterocycles. The third-order valence-electron chi connectivity index (χ3n) is 3.12. The average Bonchev–Trinajstić information content (AvgIpc) is 2.32. The van der Waals surface area contributed by atoms with Crippen LogP contribution in [0.4, 0.5) is 0 Å². The van der Waals surface area contributed by atoms with Crippen LogP contribution in [0.2, 0.25) is 0 Å². The van der Waals surface area contributed by atoms with Gasteiger partial charge < -0.3 is 4.90 Å². The normalized spacial score (nSPS) is 15.2. The molecule has 19 heavy (non-hydrogen) atoms. The molecule has 0 aromatic rings. The Kier molecular flexibility index (Phi) is 8.23. The van der Waals surface area contributed by atoms with E-state index in [1.165, 1.54) is 6.26 Å². The standard InChI is InChI=1S/C13H27N3O2S/c1-5-15-13(2,12-14)8-6-7-9-16(3)10-11-19(4,17)18/h15H,5-11H2,1-4H3. The van der Waals surface area contributed by atoms with E-state index in [4.69, 9.17) is 5.26 Å². The smallest absolute Gasteiger partial charge is 0.148 e. The molecule has 112 valence electrons. The minimum absolute atomic E-state index is 0.205. The highest BCUT2D eigenvalue weighted by Gasteiger charge is 2.21. The van der Waals surface area contributed by atoms with Crippen molar-refractivity contribution in [2.24, 2.45) is 0 Å². The van der Waals surface area contributed by atoms with Crippen LogP contribution in [0.3, 0.4) is 0 Å². The second kappa shape index (κ2) is 8.51. The van der Waals surface area contributed by atoms with E-state index in [1.54, 1.807) is 0 Å². The summed E-state index contributed by atoms with van der Waals surface area (Å²) in [6.07, 6.45) is 4.01. The Bertz CT molecular complexity index is 389. The Hall–Kier alpha value is -0.640. The molecule has 1 N–H and O–H groups in total. The molecule has 0 radical (unpaired) electrons. The van der Waals surface area contributed by atoms with Gasteiger partial charge in [-0.3, -0.25) is 5.32 Å². The van der Waals surface area contributed by atoms with E-state index in [-0.39, 0.29) is 5.75 Å². The molecule has 0 spiro atoms. The Morgan fingerprint density at radius 1 is 1.32 bits per heavy atom. The van der Waals surface area contributed by atoms with Crippen LogP contribution in [0.25, 0.3) is 0 Å². The molecule has 6 heteroatoms. The van der Waals surface area contributed by atoms with Gasteiger partial charge in [0.1, 0.15) is 15.4 Å². The van der Waals surface area contributed by atoms with Gasteiger partial charge in [-0.05, 0) is 46.3 Å². The van der Waals surface area contributed by atoms with Gasteiger partial charge in [0.05, 0.1) is 11.8 Å². The van der Waals surface area contributed by atoms with Gasteiger partial charge in [0.15, 0.2) is 0 Å². The van der Waals surface area contributed by atoms with Crippen LogP contribution in [0.15, 0.2) is 0 Å². The van der Waals surface area contributed by atoms with Crippen molar-refractivity contribution in [2.75, 3.05) is 38.7 Å². The van der Waals surface area contributed by atoms with Gasteiger partial charge in [-0.1, -0.05) is 6.92 Å². The van der Waals surface area contributed by atoms with Crippen LogP contribution in [0.5, 0.6) is 0 Å². The number of hydrogen-bond acceptors (Lipinski definition) is 5. The first kappa shape index (κ1) is 18.4. The van der Waals surface area contributed by atoms with Gasteiger partial charge >= 0.3 is 0 Å². The number of rotatable bonds is 10. The van der Waals surface area contributed by atoms with E-state index < -0.39 is 15.4 Å². The van der Waals surface area contributed by atoms with Crippen LogP contribution >= 0.6 is 0 Å². The molecule has 0 saturated carbocycles. The molecular formula is C13H27N3O2S. The van der Waals surface area contributed by atoms with Crippen molar-refractivity contribution in [1.29, 1.82) is 5.26 Å². The molecule has 1 atom stereocenters. The fraction of sp³-hybridized carbons (Fsp3) is 0.923. The molecule has 0 aromatic carbocycles. The molecule has 0 aliphatic rings. The van der Waals surface area contributed by atoms with Crippen LogP contribution in [0, 0.1) is 11.3 Å². The number of unbranched alkanes of at least 4 members (excludes halogenated alkanes) is 1. The highest BCUT2D eigenvalue weighted by atomic mass is 32.2. The van der Waals surface area contributed by atoms with E-state index in [9.17, 15) is 8.42 Å².